The Balaban J connectivity index is 2.30. The van der Waals surface area contributed by atoms with Crippen LogP contribution in [0.1, 0.15) is 25.0 Å². The van der Waals surface area contributed by atoms with Crippen LogP contribution in [0, 0.1) is 12.1 Å². The molecule has 0 radical (unpaired) electrons. The second-order valence-corrected chi connectivity index (χ2v) is 4.88. The molecule has 0 amide bonds. The Morgan fingerprint density at radius 1 is 1.33 bits per heavy atom. The highest BCUT2D eigenvalue weighted by molar-refractivity contribution is 9.10. The SMILES string of the molecule is Cc1cc(N2CCCCC2)c(Br)c[n+]1[O-]. The fourth-order valence-corrected chi connectivity index (χ4v) is 2.53. The van der Waals surface area contributed by atoms with Gasteiger partial charge in [0.15, 0.2) is 11.9 Å². The molecule has 1 fully saturated rings. The van der Waals surface area contributed by atoms with Crippen molar-refractivity contribution in [1.82, 2.24) is 0 Å². The Morgan fingerprint density at radius 3 is 2.67 bits per heavy atom. The molecular weight excluding hydrogens is 256 g/mol. The molecule has 1 aliphatic rings. The highest BCUT2D eigenvalue weighted by Crippen LogP contribution is 2.27. The molecule has 0 saturated carbocycles. The number of anilines is 1. The van der Waals surface area contributed by atoms with Gasteiger partial charge in [0, 0.05) is 26.1 Å². The van der Waals surface area contributed by atoms with Crippen LogP contribution in [0.3, 0.4) is 0 Å². The molecule has 4 heteroatoms. The Bertz CT molecular complexity index is 362. The van der Waals surface area contributed by atoms with Gasteiger partial charge in [-0.3, -0.25) is 0 Å². The van der Waals surface area contributed by atoms with Gasteiger partial charge < -0.3 is 10.1 Å². The molecule has 2 rings (SSSR count). The van der Waals surface area contributed by atoms with Gasteiger partial charge in [-0.15, -0.1) is 0 Å². The van der Waals surface area contributed by atoms with Crippen molar-refractivity contribution in [2.75, 3.05) is 18.0 Å². The Morgan fingerprint density at radius 2 is 2.00 bits per heavy atom. The number of aromatic nitrogens is 1. The van der Waals surface area contributed by atoms with E-state index < -0.39 is 0 Å². The predicted molar refractivity (Wildman–Crippen MR) is 63.9 cm³/mol. The zero-order valence-corrected chi connectivity index (χ0v) is 10.5. The van der Waals surface area contributed by atoms with Crippen molar-refractivity contribution >= 4 is 21.6 Å². The second-order valence-electron chi connectivity index (χ2n) is 4.02. The summed E-state index contributed by atoms with van der Waals surface area (Å²) in [6.45, 7) is 4.04. The first-order chi connectivity index (χ1) is 7.18. The molecule has 82 valence electrons. The van der Waals surface area contributed by atoms with Crippen molar-refractivity contribution in [3.63, 3.8) is 0 Å². The largest absolute Gasteiger partial charge is 0.618 e. The zero-order valence-electron chi connectivity index (χ0n) is 8.87. The standard InChI is InChI=1S/C11H15BrN2O/c1-9-7-11(10(12)8-14(9)15)13-5-3-2-4-6-13/h7-8H,2-6H2,1H3. The van der Waals surface area contributed by atoms with E-state index in [-0.39, 0.29) is 0 Å². The number of pyridine rings is 1. The average molecular weight is 271 g/mol. The lowest BCUT2D eigenvalue weighted by molar-refractivity contribution is -0.612. The molecule has 1 aliphatic heterocycles. The number of aryl methyl sites for hydroxylation is 1. The van der Waals surface area contributed by atoms with Gasteiger partial charge in [-0.05, 0) is 35.2 Å². The summed E-state index contributed by atoms with van der Waals surface area (Å²) in [6.07, 6.45) is 5.41. The van der Waals surface area contributed by atoms with E-state index in [1.807, 2.05) is 13.0 Å². The maximum atomic E-state index is 11.3. The summed E-state index contributed by atoms with van der Waals surface area (Å²) in [4.78, 5) is 2.35. The number of hydrogen-bond acceptors (Lipinski definition) is 2. The van der Waals surface area contributed by atoms with E-state index >= 15 is 0 Å². The minimum absolute atomic E-state index is 0.749. The van der Waals surface area contributed by atoms with Crippen LogP contribution in [0.2, 0.25) is 0 Å². The Hall–Kier alpha value is -0.770. The third-order valence-electron chi connectivity index (χ3n) is 2.87. The molecule has 0 spiro atoms. The number of rotatable bonds is 1. The normalized spacial score (nSPS) is 16.8. The number of halogens is 1. The molecule has 0 N–H and O–H groups in total. The predicted octanol–water partition coefficient (Wildman–Crippen LogP) is 2.38. The Kier molecular flexibility index (Phi) is 3.14. The van der Waals surface area contributed by atoms with Crippen molar-refractivity contribution in [3.8, 4) is 0 Å². The summed E-state index contributed by atoms with van der Waals surface area (Å²) in [5.74, 6) is 0. The lowest BCUT2D eigenvalue weighted by atomic mass is 10.1. The first kappa shape index (κ1) is 10.7. The van der Waals surface area contributed by atoms with Crippen LogP contribution >= 0.6 is 15.9 Å². The quantitative estimate of drug-likeness (QED) is 0.580. The summed E-state index contributed by atoms with van der Waals surface area (Å²) in [5.41, 5.74) is 1.90. The molecule has 3 nitrogen and oxygen atoms in total. The fraction of sp³-hybridized carbons (Fsp3) is 0.545. The van der Waals surface area contributed by atoms with E-state index in [4.69, 9.17) is 0 Å². The fourth-order valence-electron chi connectivity index (χ4n) is 1.98. The van der Waals surface area contributed by atoms with E-state index in [9.17, 15) is 5.21 Å². The van der Waals surface area contributed by atoms with Crippen molar-refractivity contribution < 1.29 is 4.73 Å². The maximum absolute atomic E-state index is 11.3. The number of piperidine rings is 1. The molecule has 0 aromatic carbocycles. The van der Waals surface area contributed by atoms with Crippen LogP contribution in [0.4, 0.5) is 5.69 Å². The molecule has 0 unspecified atom stereocenters. The molecule has 0 aliphatic carbocycles. The third kappa shape index (κ3) is 2.25. The first-order valence-corrected chi connectivity index (χ1v) is 6.12. The van der Waals surface area contributed by atoms with Crippen LogP contribution in [0.15, 0.2) is 16.7 Å². The summed E-state index contributed by atoms with van der Waals surface area (Å²) in [7, 11) is 0. The van der Waals surface area contributed by atoms with Crippen molar-refractivity contribution in [2.45, 2.75) is 26.2 Å². The van der Waals surface area contributed by atoms with Gasteiger partial charge in [0.25, 0.3) is 0 Å². The summed E-state index contributed by atoms with van der Waals surface area (Å²) in [6, 6.07) is 1.96. The summed E-state index contributed by atoms with van der Waals surface area (Å²) in [5, 5.41) is 11.3. The van der Waals surface area contributed by atoms with E-state index in [1.165, 1.54) is 19.3 Å². The van der Waals surface area contributed by atoms with Crippen LogP contribution in [0.25, 0.3) is 0 Å². The second kappa shape index (κ2) is 4.39. The average Bonchev–Trinajstić information content (AvgIpc) is 2.25. The van der Waals surface area contributed by atoms with Gasteiger partial charge in [-0.1, -0.05) is 0 Å². The van der Waals surface area contributed by atoms with Crippen LogP contribution in [-0.4, -0.2) is 13.1 Å². The van der Waals surface area contributed by atoms with Crippen molar-refractivity contribution in [2.24, 2.45) is 0 Å². The van der Waals surface area contributed by atoms with Crippen LogP contribution < -0.4 is 9.63 Å². The minimum Gasteiger partial charge on any atom is -0.618 e. The first-order valence-electron chi connectivity index (χ1n) is 5.33. The molecule has 0 bridgehead atoms. The van der Waals surface area contributed by atoms with E-state index in [1.54, 1.807) is 6.20 Å². The molecule has 0 atom stereocenters. The van der Waals surface area contributed by atoms with E-state index in [0.29, 0.717) is 0 Å². The highest BCUT2D eigenvalue weighted by atomic mass is 79.9. The van der Waals surface area contributed by atoms with Gasteiger partial charge in [0.2, 0.25) is 0 Å². The maximum Gasteiger partial charge on any atom is 0.196 e. The Labute approximate surface area is 98.4 Å². The van der Waals surface area contributed by atoms with E-state index in [0.717, 1.165) is 33.7 Å². The molecule has 1 saturated heterocycles. The summed E-state index contributed by atoms with van der Waals surface area (Å²) < 4.78 is 1.79. The van der Waals surface area contributed by atoms with Gasteiger partial charge in [0.1, 0.15) is 4.47 Å². The highest BCUT2D eigenvalue weighted by Gasteiger charge is 2.16. The van der Waals surface area contributed by atoms with Gasteiger partial charge >= 0.3 is 0 Å². The summed E-state index contributed by atoms with van der Waals surface area (Å²) >= 11 is 3.45. The van der Waals surface area contributed by atoms with Gasteiger partial charge in [-0.25, -0.2) is 0 Å². The zero-order chi connectivity index (χ0) is 10.8. The van der Waals surface area contributed by atoms with Gasteiger partial charge in [-0.2, -0.15) is 4.73 Å². The lowest BCUT2D eigenvalue weighted by Gasteiger charge is -2.29. The molecule has 2 heterocycles. The topological polar surface area (TPSA) is 30.2 Å². The minimum atomic E-state index is 0.749. The third-order valence-corrected chi connectivity index (χ3v) is 3.48. The lowest BCUT2D eigenvalue weighted by Crippen LogP contribution is -2.34. The van der Waals surface area contributed by atoms with Gasteiger partial charge in [0.05, 0.1) is 5.69 Å². The van der Waals surface area contributed by atoms with Crippen LogP contribution in [-0.2, 0) is 0 Å². The van der Waals surface area contributed by atoms with E-state index in [2.05, 4.69) is 20.8 Å². The van der Waals surface area contributed by atoms with Crippen molar-refractivity contribution in [3.05, 3.63) is 27.6 Å². The number of hydrogen-bond donors (Lipinski definition) is 0. The number of nitrogens with zero attached hydrogens (tertiary/aromatic N) is 2. The van der Waals surface area contributed by atoms with Crippen molar-refractivity contribution in [1.29, 1.82) is 0 Å². The molecule has 1 aromatic heterocycles. The molecular formula is C11H15BrN2O. The monoisotopic (exact) mass is 270 g/mol. The molecule has 15 heavy (non-hydrogen) atoms. The van der Waals surface area contributed by atoms with Crippen LogP contribution in [0.5, 0.6) is 0 Å². The smallest absolute Gasteiger partial charge is 0.196 e. The molecule has 1 aromatic rings.